The van der Waals surface area contributed by atoms with E-state index in [1.807, 2.05) is 12.1 Å². The van der Waals surface area contributed by atoms with Crippen LogP contribution in [-0.2, 0) is 5.41 Å². The van der Waals surface area contributed by atoms with E-state index in [2.05, 4.69) is 183 Å². The molecule has 0 N–H and O–H groups in total. The number of furan rings is 1. The van der Waals surface area contributed by atoms with Gasteiger partial charge in [0.15, 0.2) is 0 Å². The molecule has 0 spiro atoms. The molecular weight excluding hydrogens is 643 g/mol. The Hall–Kier alpha value is -6.64. The molecule has 1 aliphatic carbocycles. The molecule has 1 aliphatic rings. The van der Waals surface area contributed by atoms with Crippen LogP contribution >= 0.6 is 0 Å². The van der Waals surface area contributed by atoms with E-state index in [1.165, 1.54) is 65.7 Å². The van der Waals surface area contributed by atoms with Crippen molar-refractivity contribution in [2.75, 3.05) is 4.90 Å². The van der Waals surface area contributed by atoms with Gasteiger partial charge in [-0.15, -0.1) is 0 Å². The molecule has 11 rings (SSSR count). The average molecular weight is 678 g/mol. The van der Waals surface area contributed by atoms with Gasteiger partial charge in [-0.25, -0.2) is 0 Å². The molecule has 9 aromatic carbocycles. The Labute approximate surface area is 308 Å². The van der Waals surface area contributed by atoms with Crippen molar-refractivity contribution in [3.05, 3.63) is 187 Å². The summed E-state index contributed by atoms with van der Waals surface area (Å²) in [6, 6.07) is 64.3. The predicted octanol–water partition coefficient (Wildman–Crippen LogP) is 14.5. The van der Waals surface area contributed by atoms with E-state index in [9.17, 15) is 0 Å². The van der Waals surface area contributed by atoms with Crippen LogP contribution in [0.1, 0.15) is 25.0 Å². The van der Waals surface area contributed by atoms with Crippen LogP contribution in [0, 0.1) is 0 Å². The van der Waals surface area contributed by atoms with Crippen LogP contribution in [0.2, 0.25) is 0 Å². The Morgan fingerprint density at radius 2 is 1.02 bits per heavy atom. The van der Waals surface area contributed by atoms with Crippen molar-refractivity contribution in [3.8, 4) is 22.3 Å². The number of benzene rings is 9. The molecule has 2 heteroatoms. The lowest BCUT2D eigenvalue weighted by Gasteiger charge is -2.27. The quantitative estimate of drug-likeness (QED) is 0.172. The second kappa shape index (κ2) is 11.2. The van der Waals surface area contributed by atoms with Gasteiger partial charge >= 0.3 is 0 Å². The minimum absolute atomic E-state index is 0.0551. The highest BCUT2D eigenvalue weighted by Gasteiger charge is 2.35. The third-order valence-electron chi connectivity index (χ3n) is 11.6. The summed E-state index contributed by atoms with van der Waals surface area (Å²) in [4.78, 5) is 2.39. The molecule has 0 amide bonds. The smallest absolute Gasteiger partial charge is 0.135 e. The summed E-state index contributed by atoms with van der Waals surface area (Å²) in [6.45, 7) is 4.68. The fourth-order valence-electron chi connectivity index (χ4n) is 9.06. The molecule has 0 saturated heterocycles. The van der Waals surface area contributed by atoms with Gasteiger partial charge in [-0.3, -0.25) is 0 Å². The monoisotopic (exact) mass is 677 g/mol. The molecule has 0 saturated carbocycles. The van der Waals surface area contributed by atoms with Crippen LogP contribution in [0.4, 0.5) is 17.1 Å². The maximum atomic E-state index is 6.26. The molecule has 0 unspecified atom stereocenters. The molecule has 0 aliphatic heterocycles. The molecule has 0 fully saturated rings. The lowest BCUT2D eigenvalue weighted by Crippen LogP contribution is -2.15. The van der Waals surface area contributed by atoms with E-state index >= 15 is 0 Å². The van der Waals surface area contributed by atoms with Gasteiger partial charge < -0.3 is 9.32 Å². The van der Waals surface area contributed by atoms with Gasteiger partial charge in [0.25, 0.3) is 0 Å². The van der Waals surface area contributed by atoms with E-state index in [4.69, 9.17) is 4.42 Å². The highest BCUT2D eigenvalue weighted by molar-refractivity contribution is 6.23. The zero-order chi connectivity index (χ0) is 35.3. The number of rotatable bonds is 4. The largest absolute Gasteiger partial charge is 0.456 e. The van der Waals surface area contributed by atoms with Crippen LogP contribution in [0.15, 0.2) is 180 Å². The molecule has 250 valence electrons. The van der Waals surface area contributed by atoms with Crippen molar-refractivity contribution in [3.63, 3.8) is 0 Å². The summed E-state index contributed by atoms with van der Waals surface area (Å²) in [5.74, 6) is 0. The van der Waals surface area contributed by atoms with Gasteiger partial charge in [-0.1, -0.05) is 135 Å². The zero-order valence-electron chi connectivity index (χ0n) is 29.6. The summed E-state index contributed by atoms with van der Waals surface area (Å²) in [7, 11) is 0. The van der Waals surface area contributed by atoms with E-state index in [0.717, 1.165) is 39.0 Å². The van der Waals surface area contributed by atoms with Gasteiger partial charge in [-0.05, 0) is 120 Å². The number of anilines is 3. The fourth-order valence-corrected chi connectivity index (χ4v) is 9.06. The van der Waals surface area contributed by atoms with Crippen LogP contribution in [-0.4, -0.2) is 0 Å². The third kappa shape index (κ3) is 4.45. The molecule has 0 atom stereocenters. The summed E-state index contributed by atoms with van der Waals surface area (Å²) < 4.78 is 6.26. The van der Waals surface area contributed by atoms with E-state index in [0.29, 0.717) is 0 Å². The van der Waals surface area contributed by atoms with Gasteiger partial charge in [0.2, 0.25) is 0 Å². The van der Waals surface area contributed by atoms with Crippen LogP contribution in [0.3, 0.4) is 0 Å². The number of para-hydroxylation sites is 1. The Bertz CT molecular complexity index is 3090. The third-order valence-corrected chi connectivity index (χ3v) is 11.6. The molecule has 0 radical (unpaired) electrons. The molecule has 10 aromatic rings. The van der Waals surface area contributed by atoms with Crippen molar-refractivity contribution in [2.45, 2.75) is 19.3 Å². The van der Waals surface area contributed by atoms with Crippen LogP contribution < -0.4 is 4.90 Å². The molecular formula is C51H35NO. The Morgan fingerprint density at radius 3 is 1.89 bits per heavy atom. The van der Waals surface area contributed by atoms with E-state index in [-0.39, 0.29) is 5.41 Å². The molecule has 1 aromatic heterocycles. The first-order valence-corrected chi connectivity index (χ1v) is 18.4. The Balaban J connectivity index is 1.09. The second-order valence-electron chi connectivity index (χ2n) is 14.9. The summed E-state index contributed by atoms with van der Waals surface area (Å²) >= 11 is 0. The summed E-state index contributed by atoms with van der Waals surface area (Å²) in [5.41, 5.74) is 12.9. The lowest BCUT2D eigenvalue weighted by atomic mass is 9.82. The van der Waals surface area contributed by atoms with Crippen molar-refractivity contribution >= 4 is 71.3 Å². The summed E-state index contributed by atoms with van der Waals surface area (Å²) in [6.07, 6.45) is 0. The summed E-state index contributed by atoms with van der Waals surface area (Å²) in [5, 5.41) is 9.91. The molecule has 1 heterocycles. The van der Waals surface area contributed by atoms with Gasteiger partial charge in [0.1, 0.15) is 11.2 Å². The normalized spacial score (nSPS) is 13.2. The van der Waals surface area contributed by atoms with Crippen LogP contribution in [0.25, 0.3) is 76.5 Å². The SMILES string of the molecule is CC1(C)c2ccccc2-c2cc(N(c3ccc(-c4cc5ccc6ccccc6c5c5ccccc45)cc3)c3ccc4oc5ccccc5c4c3)ccc21. The number of fused-ring (bicyclic) bond motifs is 11. The van der Waals surface area contributed by atoms with E-state index in [1.54, 1.807) is 0 Å². The van der Waals surface area contributed by atoms with Crippen molar-refractivity contribution in [1.29, 1.82) is 0 Å². The minimum Gasteiger partial charge on any atom is -0.456 e. The number of hydrogen-bond donors (Lipinski definition) is 0. The maximum Gasteiger partial charge on any atom is 0.135 e. The highest BCUT2D eigenvalue weighted by atomic mass is 16.3. The Morgan fingerprint density at radius 1 is 0.396 bits per heavy atom. The van der Waals surface area contributed by atoms with Gasteiger partial charge in [0.05, 0.1) is 0 Å². The van der Waals surface area contributed by atoms with Crippen molar-refractivity contribution < 1.29 is 4.42 Å². The zero-order valence-corrected chi connectivity index (χ0v) is 29.6. The standard InChI is InChI=1S/C51H35NO/c1-51(2)46-17-9-7-14-40(46)44-30-36(25-27-47(44)51)52(37-26-28-49-45(31-37)41-15-8-10-18-48(41)53-49)35-23-21-33(22-24-35)43-29-34-20-19-32-11-3-4-12-38(32)50(34)42-16-6-5-13-39(42)43/h3-31H,1-2H3. The van der Waals surface area contributed by atoms with Gasteiger partial charge in [-0.2, -0.15) is 0 Å². The molecule has 2 nitrogen and oxygen atoms in total. The lowest BCUT2D eigenvalue weighted by molar-refractivity contribution is 0.660. The number of nitrogens with zero attached hydrogens (tertiary/aromatic N) is 1. The number of hydrogen-bond acceptors (Lipinski definition) is 2. The minimum atomic E-state index is -0.0551. The molecule has 53 heavy (non-hydrogen) atoms. The second-order valence-corrected chi connectivity index (χ2v) is 14.9. The maximum absolute atomic E-state index is 6.26. The first-order chi connectivity index (χ1) is 26.0. The van der Waals surface area contributed by atoms with E-state index < -0.39 is 0 Å². The molecule has 0 bridgehead atoms. The first-order valence-electron chi connectivity index (χ1n) is 18.4. The predicted molar refractivity (Wildman–Crippen MR) is 224 cm³/mol. The highest BCUT2D eigenvalue weighted by Crippen LogP contribution is 2.51. The topological polar surface area (TPSA) is 16.4 Å². The first kappa shape index (κ1) is 30.0. The van der Waals surface area contributed by atoms with Crippen molar-refractivity contribution in [2.24, 2.45) is 0 Å². The Kier molecular flexibility index (Phi) is 6.33. The van der Waals surface area contributed by atoms with Gasteiger partial charge in [0, 0.05) is 33.2 Å². The van der Waals surface area contributed by atoms with Crippen LogP contribution in [0.5, 0.6) is 0 Å². The van der Waals surface area contributed by atoms with Crippen molar-refractivity contribution in [1.82, 2.24) is 0 Å². The fraction of sp³-hybridized carbons (Fsp3) is 0.0588. The average Bonchev–Trinajstić information content (AvgIpc) is 3.69.